The molecule has 0 fully saturated rings. The third-order valence-corrected chi connectivity index (χ3v) is 3.76. The lowest BCUT2D eigenvalue weighted by atomic mass is 10.0. The number of hydrogen-bond donors (Lipinski definition) is 3. The van der Waals surface area contributed by atoms with Crippen LogP contribution >= 0.6 is 0 Å². The first-order chi connectivity index (χ1) is 12.5. The summed E-state index contributed by atoms with van der Waals surface area (Å²) in [4.78, 5) is 23.1. The van der Waals surface area contributed by atoms with Gasteiger partial charge in [0, 0.05) is 0 Å². The van der Waals surface area contributed by atoms with Crippen LogP contribution in [0.3, 0.4) is 0 Å². The SMILES string of the molecule is COc1ccc(C[C@@H](NC(=O)OCc2ccccc2)[C@H](O)C(=O)O)cc1. The van der Waals surface area contributed by atoms with Crippen LogP contribution in [0, 0.1) is 0 Å². The molecule has 0 unspecified atom stereocenters. The number of alkyl carbamates (subject to hydrolysis) is 1. The van der Waals surface area contributed by atoms with Gasteiger partial charge in [0.05, 0.1) is 13.2 Å². The number of benzene rings is 2. The summed E-state index contributed by atoms with van der Waals surface area (Å²) in [5.41, 5.74) is 1.53. The second kappa shape index (κ2) is 9.43. The van der Waals surface area contributed by atoms with Crippen molar-refractivity contribution in [3.63, 3.8) is 0 Å². The van der Waals surface area contributed by atoms with E-state index in [2.05, 4.69) is 5.32 Å². The zero-order valence-corrected chi connectivity index (χ0v) is 14.3. The molecule has 3 N–H and O–H groups in total. The van der Waals surface area contributed by atoms with Crippen LogP contribution in [-0.2, 0) is 22.6 Å². The average Bonchev–Trinajstić information content (AvgIpc) is 2.66. The molecule has 0 bridgehead atoms. The summed E-state index contributed by atoms with van der Waals surface area (Å²) >= 11 is 0. The van der Waals surface area contributed by atoms with E-state index in [1.54, 1.807) is 36.4 Å². The number of aliphatic hydroxyl groups excluding tert-OH is 1. The van der Waals surface area contributed by atoms with Crippen molar-refractivity contribution in [2.45, 2.75) is 25.2 Å². The molecule has 0 aliphatic heterocycles. The van der Waals surface area contributed by atoms with Gasteiger partial charge in [0.25, 0.3) is 0 Å². The Morgan fingerprint density at radius 2 is 1.69 bits per heavy atom. The summed E-state index contributed by atoms with van der Waals surface area (Å²) in [6, 6.07) is 14.9. The number of carboxylic acid groups (broad SMARTS) is 1. The Morgan fingerprint density at radius 3 is 2.27 bits per heavy atom. The third-order valence-electron chi connectivity index (χ3n) is 3.76. The van der Waals surface area contributed by atoms with Crippen LogP contribution in [0.5, 0.6) is 5.75 Å². The maximum Gasteiger partial charge on any atom is 0.407 e. The molecule has 138 valence electrons. The van der Waals surface area contributed by atoms with Gasteiger partial charge in [-0.15, -0.1) is 0 Å². The third kappa shape index (κ3) is 5.78. The van der Waals surface area contributed by atoms with Crippen molar-refractivity contribution < 1.29 is 29.3 Å². The average molecular weight is 359 g/mol. The molecule has 0 aromatic heterocycles. The number of methoxy groups -OCH3 is 1. The van der Waals surface area contributed by atoms with Gasteiger partial charge in [-0.1, -0.05) is 42.5 Å². The summed E-state index contributed by atoms with van der Waals surface area (Å²) < 4.78 is 10.2. The lowest BCUT2D eigenvalue weighted by molar-refractivity contribution is -0.148. The molecule has 0 aliphatic carbocycles. The predicted molar refractivity (Wildman–Crippen MR) is 93.9 cm³/mol. The molecule has 26 heavy (non-hydrogen) atoms. The highest BCUT2D eigenvalue weighted by Crippen LogP contribution is 2.14. The van der Waals surface area contributed by atoms with Gasteiger partial charge in [-0.25, -0.2) is 9.59 Å². The van der Waals surface area contributed by atoms with Gasteiger partial charge < -0.3 is 25.0 Å². The molecule has 0 spiro atoms. The standard InChI is InChI=1S/C19H21NO6/c1-25-15-9-7-13(8-10-15)11-16(17(21)18(22)23)20-19(24)26-12-14-5-3-2-4-6-14/h2-10,16-17,21H,11-12H2,1H3,(H,20,24)(H,22,23)/t16-,17+/m1/s1. The summed E-state index contributed by atoms with van der Waals surface area (Å²) in [5.74, 6) is -0.772. The van der Waals surface area contributed by atoms with Gasteiger partial charge in [0.15, 0.2) is 6.10 Å². The van der Waals surface area contributed by atoms with E-state index >= 15 is 0 Å². The monoisotopic (exact) mass is 359 g/mol. The zero-order chi connectivity index (χ0) is 18.9. The largest absolute Gasteiger partial charge is 0.497 e. The number of carbonyl (C=O) groups excluding carboxylic acids is 1. The summed E-state index contributed by atoms with van der Waals surface area (Å²) in [7, 11) is 1.54. The van der Waals surface area contributed by atoms with E-state index in [0.29, 0.717) is 5.75 Å². The molecule has 2 rings (SSSR count). The molecule has 2 aromatic carbocycles. The molecule has 1 amide bonds. The fraction of sp³-hybridized carbons (Fsp3) is 0.263. The number of hydrogen-bond acceptors (Lipinski definition) is 5. The highest BCUT2D eigenvalue weighted by Gasteiger charge is 2.28. The molecule has 0 radical (unpaired) electrons. The number of amides is 1. The van der Waals surface area contributed by atoms with E-state index in [0.717, 1.165) is 11.1 Å². The van der Waals surface area contributed by atoms with Crippen LogP contribution in [0.1, 0.15) is 11.1 Å². The number of ether oxygens (including phenoxy) is 2. The summed E-state index contributed by atoms with van der Waals surface area (Å²) in [6.45, 7) is 0.0467. The summed E-state index contributed by atoms with van der Waals surface area (Å²) in [5, 5.41) is 21.4. The lowest BCUT2D eigenvalue weighted by Crippen LogP contribution is -2.48. The normalized spacial score (nSPS) is 12.7. The maximum absolute atomic E-state index is 12.0. The number of rotatable bonds is 8. The van der Waals surface area contributed by atoms with Crippen molar-refractivity contribution >= 4 is 12.1 Å². The predicted octanol–water partition coefficient (Wildman–Crippen LogP) is 1.98. The van der Waals surface area contributed by atoms with Crippen molar-refractivity contribution in [2.75, 3.05) is 7.11 Å². The van der Waals surface area contributed by atoms with Gasteiger partial charge in [-0.2, -0.15) is 0 Å². The van der Waals surface area contributed by atoms with Gasteiger partial charge in [-0.05, 0) is 29.7 Å². The first kappa shape index (κ1) is 19.3. The molecule has 7 heteroatoms. The lowest BCUT2D eigenvalue weighted by Gasteiger charge is -2.21. The minimum atomic E-state index is -1.76. The van der Waals surface area contributed by atoms with Crippen LogP contribution in [0.25, 0.3) is 0 Å². The quantitative estimate of drug-likeness (QED) is 0.666. The van der Waals surface area contributed by atoms with Crippen molar-refractivity contribution in [3.8, 4) is 5.75 Å². The first-order valence-corrected chi connectivity index (χ1v) is 8.00. The van der Waals surface area contributed by atoms with Crippen LogP contribution in [0.15, 0.2) is 54.6 Å². The second-order valence-corrected chi connectivity index (χ2v) is 5.65. The van der Waals surface area contributed by atoms with Crippen molar-refractivity contribution in [1.82, 2.24) is 5.32 Å². The maximum atomic E-state index is 12.0. The van der Waals surface area contributed by atoms with Crippen LogP contribution in [-0.4, -0.2) is 41.5 Å². The minimum Gasteiger partial charge on any atom is -0.497 e. The number of carbonyl (C=O) groups is 2. The number of aliphatic carboxylic acids is 1. The Labute approximate surface area is 151 Å². The fourth-order valence-electron chi connectivity index (χ4n) is 2.35. The minimum absolute atomic E-state index is 0.0467. The van der Waals surface area contributed by atoms with Crippen molar-refractivity contribution in [3.05, 3.63) is 65.7 Å². The topological polar surface area (TPSA) is 105 Å². The number of aliphatic hydroxyl groups is 1. The molecular formula is C19H21NO6. The molecule has 0 aliphatic rings. The van der Waals surface area contributed by atoms with Gasteiger partial charge in [0.1, 0.15) is 12.4 Å². The molecule has 0 heterocycles. The van der Waals surface area contributed by atoms with Crippen molar-refractivity contribution in [1.29, 1.82) is 0 Å². The Kier molecular flexibility index (Phi) is 6.99. The first-order valence-electron chi connectivity index (χ1n) is 8.00. The number of carboxylic acids is 1. The van der Waals surface area contributed by atoms with Crippen LogP contribution in [0.2, 0.25) is 0 Å². The summed E-state index contributed by atoms with van der Waals surface area (Å²) in [6.07, 6.45) is -2.44. The van der Waals surface area contributed by atoms with Crippen LogP contribution < -0.4 is 10.1 Å². The van der Waals surface area contributed by atoms with E-state index in [-0.39, 0.29) is 13.0 Å². The van der Waals surface area contributed by atoms with Gasteiger partial charge in [-0.3, -0.25) is 0 Å². The molecular weight excluding hydrogens is 338 g/mol. The Morgan fingerprint density at radius 1 is 1.04 bits per heavy atom. The zero-order valence-electron chi connectivity index (χ0n) is 14.3. The smallest absolute Gasteiger partial charge is 0.407 e. The Hall–Kier alpha value is -3.06. The molecule has 7 nitrogen and oxygen atoms in total. The van der Waals surface area contributed by atoms with E-state index in [1.165, 1.54) is 7.11 Å². The highest BCUT2D eigenvalue weighted by molar-refractivity contribution is 5.75. The van der Waals surface area contributed by atoms with E-state index < -0.39 is 24.2 Å². The Bertz CT molecular complexity index is 717. The second-order valence-electron chi connectivity index (χ2n) is 5.65. The van der Waals surface area contributed by atoms with E-state index in [4.69, 9.17) is 14.6 Å². The van der Waals surface area contributed by atoms with Crippen LogP contribution in [0.4, 0.5) is 4.79 Å². The van der Waals surface area contributed by atoms with E-state index in [9.17, 15) is 14.7 Å². The number of nitrogens with one attached hydrogen (secondary N) is 1. The fourth-order valence-corrected chi connectivity index (χ4v) is 2.35. The molecule has 2 aromatic rings. The highest BCUT2D eigenvalue weighted by atomic mass is 16.5. The molecule has 0 saturated heterocycles. The molecule has 2 atom stereocenters. The Balaban J connectivity index is 1.99. The van der Waals surface area contributed by atoms with Gasteiger partial charge in [0.2, 0.25) is 0 Å². The van der Waals surface area contributed by atoms with Gasteiger partial charge >= 0.3 is 12.1 Å². The van der Waals surface area contributed by atoms with E-state index in [1.807, 2.05) is 18.2 Å². The van der Waals surface area contributed by atoms with Crippen molar-refractivity contribution in [2.24, 2.45) is 0 Å². The molecule has 0 saturated carbocycles.